The van der Waals surface area contributed by atoms with Gasteiger partial charge < -0.3 is 9.47 Å². The second-order valence-corrected chi connectivity index (χ2v) is 7.91. The summed E-state index contributed by atoms with van der Waals surface area (Å²) in [6.07, 6.45) is 0. The lowest BCUT2D eigenvalue weighted by Gasteiger charge is -2.19. The molecule has 0 spiro atoms. The lowest BCUT2D eigenvalue weighted by atomic mass is 10.2. The third-order valence-corrected chi connectivity index (χ3v) is 6.02. The summed E-state index contributed by atoms with van der Waals surface area (Å²) in [4.78, 5) is 0.0306. The average molecular weight is 418 g/mol. The van der Waals surface area contributed by atoms with E-state index in [9.17, 15) is 12.8 Å². The van der Waals surface area contributed by atoms with Crippen LogP contribution >= 0.6 is 15.9 Å². The molecular formula is C16H17BrFNO4S. The van der Waals surface area contributed by atoms with Gasteiger partial charge in [-0.05, 0) is 42.0 Å². The van der Waals surface area contributed by atoms with Crippen LogP contribution in [0.25, 0.3) is 0 Å². The Hall–Kier alpha value is -1.64. The van der Waals surface area contributed by atoms with Gasteiger partial charge in [0.1, 0.15) is 5.82 Å². The van der Waals surface area contributed by atoms with Crippen molar-refractivity contribution in [2.75, 3.05) is 21.3 Å². The molecule has 0 radical (unpaired) electrons. The van der Waals surface area contributed by atoms with E-state index >= 15 is 0 Å². The van der Waals surface area contributed by atoms with Crippen molar-refractivity contribution in [2.24, 2.45) is 0 Å². The smallest absolute Gasteiger partial charge is 0.243 e. The Morgan fingerprint density at radius 2 is 1.62 bits per heavy atom. The van der Waals surface area contributed by atoms with Crippen molar-refractivity contribution in [3.8, 4) is 11.5 Å². The van der Waals surface area contributed by atoms with E-state index in [4.69, 9.17) is 9.47 Å². The van der Waals surface area contributed by atoms with Crippen LogP contribution in [0.4, 0.5) is 4.39 Å². The summed E-state index contributed by atoms with van der Waals surface area (Å²) in [7, 11) is 0.759. The highest BCUT2D eigenvalue weighted by Crippen LogP contribution is 2.34. The van der Waals surface area contributed by atoms with Gasteiger partial charge in [0.15, 0.2) is 11.5 Å². The van der Waals surface area contributed by atoms with Crippen LogP contribution in [0.1, 0.15) is 5.56 Å². The van der Waals surface area contributed by atoms with E-state index < -0.39 is 15.8 Å². The molecule has 0 saturated carbocycles. The Labute approximate surface area is 149 Å². The first kappa shape index (κ1) is 18.7. The largest absolute Gasteiger partial charge is 0.493 e. The maximum atomic E-state index is 13.0. The number of halogens is 2. The summed E-state index contributed by atoms with van der Waals surface area (Å²) in [6.45, 7) is 0.112. The van der Waals surface area contributed by atoms with E-state index in [1.165, 1.54) is 37.7 Å². The normalized spacial score (nSPS) is 11.6. The number of hydrogen-bond donors (Lipinski definition) is 0. The summed E-state index contributed by atoms with van der Waals surface area (Å²) < 4.78 is 50.5. The third kappa shape index (κ3) is 3.88. The monoisotopic (exact) mass is 417 g/mol. The first-order chi connectivity index (χ1) is 11.3. The molecule has 2 rings (SSSR count). The van der Waals surface area contributed by atoms with Crippen molar-refractivity contribution in [3.63, 3.8) is 0 Å². The highest BCUT2D eigenvalue weighted by Gasteiger charge is 2.22. The SMILES string of the molecule is COc1cc(Br)c(CN(C)S(=O)(=O)c2ccc(F)cc2)cc1OC. The van der Waals surface area contributed by atoms with Gasteiger partial charge >= 0.3 is 0 Å². The predicted molar refractivity (Wildman–Crippen MR) is 92.3 cm³/mol. The third-order valence-electron chi connectivity index (χ3n) is 3.47. The second kappa shape index (κ2) is 7.50. The van der Waals surface area contributed by atoms with Crippen molar-refractivity contribution < 1.29 is 22.3 Å². The number of hydrogen-bond acceptors (Lipinski definition) is 4. The van der Waals surface area contributed by atoms with Crippen LogP contribution in [0.5, 0.6) is 11.5 Å². The van der Waals surface area contributed by atoms with E-state index in [0.717, 1.165) is 12.1 Å². The quantitative estimate of drug-likeness (QED) is 0.722. The average Bonchev–Trinajstić information content (AvgIpc) is 2.56. The molecule has 8 heteroatoms. The maximum Gasteiger partial charge on any atom is 0.243 e. The van der Waals surface area contributed by atoms with Gasteiger partial charge in [-0.2, -0.15) is 4.31 Å². The van der Waals surface area contributed by atoms with Gasteiger partial charge in [0.05, 0.1) is 19.1 Å². The van der Waals surface area contributed by atoms with E-state index in [-0.39, 0.29) is 11.4 Å². The fourth-order valence-corrected chi connectivity index (χ4v) is 3.73. The van der Waals surface area contributed by atoms with Crippen LogP contribution in [0, 0.1) is 5.82 Å². The number of benzene rings is 2. The summed E-state index contributed by atoms with van der Waals surface area (Å²) in [6, 6.07) is 8.14. The highest BCUT2D eigenvalue weighted by molar-refractivity contribution is 9.10. The van der Waals surface area contributed by atoms with E-state index in [2.05, 4.69) is 15.9 Å². The molecule has 0 aliphatic rings. The molecule has 0 unspecified atom stereocenters. The molecule has 0 fully saturated rings. The first-order valence-corrected chi connectivity index (χ1v) is 9.15. The number of nitrogens with zero attached hydrogens (tertiary/aromatic N) is 1. The van der Waals surface area contributed by atoms with Gasteiger partial charge in [0, 0.05) is 18.1 Å². The van der Waals surface area contributed by atoms with Crippen LogP contribution in [0.15, 0.2) is 45.8 Å². The molecule has 0 bridgehead atoms. The zero-order chi connectivity index (χ0) is 17.9. The molecule has 130 valence electrons. The van der Waals surface area contributed by atoms with Crippen LogP contribution in [0.2, 0.25) is 0 Å². The number of ether oxygens (including phenoxy) is 2. The van der Waals surface area contributed by atoms with Gasteiger partial charge in [-0.1, -0.05) is 15.9 Å². The number of rotatable bonds is 6. The van der Waals surface area contributed by atoms with E-state index in [1.54, 1.807) is 12.1 Å². The molecule has 0 aromatic heterocycles. The predicted octanol–water partition coefficient (Wildman–Crippen LogP) is 3.43. The molecule has 24 heavy (non-hydrogen) atoms. The van der Waals surface area contributed by atoms with Crippen molar-refractivity contribution in [2.45, 2.75) is 11.4 Å². The van der Waals surface area contributed by atoms with Crippen molar-refractivity contribution in [1.29, 1.82) is 0 Å². The minimum atomic E-state index is -3.73. The standard InChI is InChI=1S/C16H17BrFNO4S/c1-19(24(20,21)13-6-4-12(18)5-7-13)10-11-8-15(22-2)16(23-3)9-14(11)17/h4-9H,10H2,1-3H3. The number of sulfonamides is 1. The molecule has 2 aromatic rings. The lowest BCUT2D eigenvalue weighted by molar-refractivity contribution is 0.353. The zero-order valence-electron chi connectivity index (χ0n) is 13.4. The molecule has 2 aromatic carbocycles. The topological polar surface area (TPSA) is 55.8 Å². The minimum absolute atomic E-state index is 0.0306. The van der Waals surface area contributed by atoms with Crippen LogP contribution in [-0.2, 0) is 16.6 Å². The molecular weight excluding hydrogens is 401 g/mol. The summed E-state index contributed by atoms with van der Waals surface area (Å²) in [5, 5.41) is 0. The van der Waals surface area contributed by atoms with Gasteiger partial charge in [-0.15, -0.1) is 0 Å². The van der Waals surface area contributed by atoms with Gasteiger partial charge in [-0.3, -0.25) is 0 Å². The Morgan fingerprint density at radius 3 is 2.17 bits per heavy atom. The van der Waals surface area contributed by atoms with Crippen molar-refractivity contribution >= 4 is 26.0 Å². The lowest BCUT2D eigenvalue weighted by Crippen LogP contribution is -2.26. The minimum Gasteiger partial charge on any atom is -0.493 e. The second-order valence-electron chi connectivity index (χ2n) is 5.01. The van der Waals surface area contributed by atoms with Crippen LogP contribution in [0.3, 0.4) is 0 Å². The van der Waals surface area contributed by atoms with E-state index in [0.29, 0.717) is 21.5 Å². The molecule has 0 amide bonds. The molecule has 5 nitrogen and oxygen atoms in total. The molecule has 0 heterocycles. The Bertz CT molecular complexity index is 825. The van der Waals surface area contributed by atoms with Crippen molar-refractivity contribution in [1.82, 2.24) is 4.31 Å². The molecule has 0 aliphatic carbocycles. The Morgan fingerprint density at radius 1 is 1.08 bits per heavy atom. The maximum absolute atomic E-state index is 13.0. The highest BCUT2D eigenvalue weighted by atomic mass is 79.9. The summed E-state index contributed by atoms with van der Waals surface area (Å²) in [5.41, 5.74) is 0.709. The fraction of sp³-hybridized carbons (Fsp3) is 0.250. The Balaban J connectivity index is 2.32. The van der Waals surface area contributed by atoms with Crippen LogP contribution < -0.4 is 9.47 Å². The summed E-state index contributed by atoms with van der Waals surface area (Å²) >= 11 is 3.41. The van der Waals surface area contributed by atoms with E-state index in [1.807, 2.05) is 0 Å². The van der Waals surface area contributed by atoms with Gasteiger partial charge in [-0.25, -0.2) is 12.8 Å². The molecule has 0 atom stereocenters. The molecule has 0 N–H and O–H groups in total. The first-order valence-electron chi connectivity index (χ1n) is 6.92. The van der Waals surface area contributed by atoms with Gasteiger partial charge in [0.25, 0.3) is 0 Å². The van der Waals surface area contributed by atoms with Crippen LogP contribution in [-0.4, -0.2) is 34.0 Å². The summed E-state index contributed by atoms with van der Waals surface area (Å²) in [5.74, 6) is 0.555. The molecule has 0 saturated heterocycles. The fourth-order valence-electron chi connectivity index (χ4n) is 2.13. The van der Waals surface area contributed by atoms with Gasteiger partial charge in [0.2, 0.25) is 10.0 Å². The van der Waals surface area contributed by atoms with Crippen molar-refractivity contribution in [3.05, 3.63) is 52.3 Å². The zero-order valence-corrected chi connectivity index (χ0v) is 15.8. The Kier molecular flexibility index (Phi) is 5.84. The number of methoxy groups -OCH3 is 2. The molecule has 0 aliphatic heterocycles.